The minimum Gasteiger partial charge on any atom is -0.495 e. The van der Waals surface area contributed by atoms with Crippen LogP contribution in [0.3, 0.4) is 0 Å². The maximum atomic E-state index is 12.4. The lowest BCUT2D eigenvalue weighted by atomic mass is 10.1. The molecule has 1 N–H and O–H groups in total. The number of nitrogens with one attached hydrogen (secondary N) is 1. The maximum absolute atomic E-state index is 12.4. The molecule has 0 aliphatic heterocycles. The third kappa shape index (κ3) is 3.03. The van der Waals surface area contributed by atoms with E-state index in [0.717, 1.165) is 10.9 Å². The molecule has 6 nitrogen and oxygen atoms in total. The molecule has 0 saturated heterocycles. The number of pyridine rings is 1. The van der Waals surface area contributed by atoms with E-state index in [1.165, 1.54) is 10.6 Å². The third-order valence-electron chi connectivity index (χ3n) is 3.86. The fourth-order valence-electron chi connectivity index (χ4n) is 2.69. The van der Waals surface area contributed by atoms with E-state index in [-0.39, 0.29) is 24.6 Å². The van der Waals surface area contributed by atoms with E-state index in [4.69, 9.17) is 9.15 Å². The van der Waals surface area contributed by atoms with Crippen LogP contribution < -0.4 is 15.6 Å². The number of aryl methyl sites for hydroxylation is 1. The molecule has 2 aromatic heterocycles. The molecule has 3 rings (SSSR count). The van der Waals surface area contributed by atoms with E-state index in [0.29, 0.717) is 17.0 Å². The average molecular weight is 326 g/mol. The van der Waals surface area contributed by atoms with Gasteiger partial charge >= 0.3 is 0 Å². The first-order valence-electron chi connectivity index (χ1n) is 7.56. The van der Waals surface area contributed by atoms with E-state index < -0.39 is 0 Å². The molecular formula is C18H18N2O4. The lowest BCUT2D eigenvalue weighted by molar-refractivity contribution is -0.121. The number of nitrogens with zero attached hydrogens (tertiary/aromatic N) is 1. The Morgan fingerprint density at radius 2 is 2.12 bits per heavy atom. The topological polar surface area (TPSA) is 73.5 Å². The summed E-state index contributed by atoms with van der Waals surface area (Å²) in [6.07, 6.45) is 1.55. The van der Waals surface area contributed by atoms with Crippen LogP contribution in [0.5, 0.6) is 5.75 Å². The third-order valence-corrected chi connectivity index (χ3v) is 3.86. The molecule has 0 aliphatic rings. The molecule has 0 atom stereocenters. The Hall–Kier alpha value is -3.02. The monoisotopic (exact) mass is 326 g/mol. The van der Waals surface area contributed by atoms with Crippen molar-refractivity contribution in [1.82, 2.24) is 9.88 Å². The summed E-state index contributed by atoms with van der Waals surface area (Å²) >= 11 is 0. The van der Waals surface area contributed by atoms with Gasteiger partial charge in [-0.3, -0.25) is 14.2 Å². The van der Waals surface area contributed by atoms with E-state index >= 15 is 0 Å². The molecule has 124 valence electrons. The first-order valence-corrected chi connectivity index (χ1v) is 7.56. The Bertz CT molecular complexity index is 926. The number of amides is 1. The highest BCUT2D eigenvalue weighted by atomic mass is 16.5. The molecule has 24 heavy (non-hydrogen) atoms. The highest BCUT2D eigenvalue weighted by molar-refractivity contribution is 5.89. The Morgan fingerprint density at radius 3 is 2.83 bits per heavy atom. The Kier molecular flexibility index (Phi) is 4.37. The van der Waals surface area contributed by atoms with Crippen LogP contribution in [0.15, 0.2) is 51.9 Å². The number of fused-ring (bicyclic) bond motifs is 1. The van der Waals surface area contributed by atoms with Gasteiger partial charge in [-0.1, -0.05) is 12.1 Å². The largest absolute Gasteiger partial charge is 0.495 e. The van der Waals surface area contributed by atoms with Gasteiger partial charge in [0.05, 0.1) is 25.4 Å². The summed E-state index contributed by atoms with van der Waals surface area (Å²) in [4.78, 5) is 24.6. The van der Waals surface area contributed by atoms with E-state index in [9.17, 15) is 9.59 Å². The number of furan rings is 1. The first kappa shape index (κ1) is 15.9. The number of methoxy groups -OCH3 is 1. The van der Waals surface area contributed by atoms with Gasteiger partial charge < -0.3 is 14.5 Å². The summed E-state index contributed by atoms with van der Waals surface area (Å²) in [5.41, 5.74) is 1.23. The van der Waals surface area contributed by atoms with Crippen LogP contribution in [0.25, 0.3) is 10.9 Å². The van der Waals surface area contributed by atoms with Gasteiger partial charge in [-0.25, -0.2) is 0 Å². The fraction of sp³-hybridized carbons (Fsp3) is 0.222. The zero-order valence-electron chi connectivity index (χ0n) is 13.5. The van der Waals surface area contributed by atoms with Crippen LogP contribution >= 0.6 is 0 Å². The van der Waals surface area contributed by atoms with Crippen molar-refractivity contribution in [3.05, 3.63) is 64.3 Å². The Balaban J connectivity index is 1.93. The zero-order valence-corrected chi connectivity index (χ0v) is 13.5. The summed E-state index contributed by atoms with van der Waals surface area (Å²) in [5.74, 6) is 0.943. The van der Waals surface area contributed by atoms with Crippen LogP contribution in [0.1, 0.15) is 11.3 Å². The van der Waals surface area contributed by atoms with Gasteiger partial charge in [0, 0.05) is 11.5 Å². The lowest BCUT2D eigenvalue weighted by Gasteiger charge is -2.14. The van der Waals surface area contributed by atoms with Crippen molar-refractivity contribution in [3.63, 3.8) is 0 Å². The second-order valence-corrected chi connectivity index (χ2v) is 5.46. The minimum atomic E-state index is -0.274. The Labute approximate surface area is 138 Å². The molecule has 0 spiro atoms. The van der Waals surface area contributed by atoms with Crippen molar-refractivity contribution < 1.29 is 13.9 Å². The summed E-state index contributed by atoms with van der Waals surface area (Å²) in [5, 5.41) is 3.63. The van der Waals surface area contributed by atoms with E-state index in [2.05, 4.69) is 5.32 Å². The zero-order chi connectivity index (χ0) is 17.1. The van der Waals surface area contributed by atoms with Gasteiger partial charge in [0.25, 0.3) is 5.56 Å². The molecule has 0 bridgehead atoms. The van der Waals surface area contributed by atoms with Gasteiger partial charge in [-0.05, 0) is 30.7 Å². The number of hydrogen-bond acceptors (Lipinski definition) is 4. The molecule has 0 saturated carbocycles. The molecule has 1 amide bonds. The molecule has 0 fully saturated rings. The predicted molar refractivity (Wildman–Crippen MR) is 90.1 cm³/mol. The quantitative estimate of drug-likeness (QED) is 0.780. The summed E-state index contributed by atoms with van der Waals surface area (Å²) in [6.45, 7) is 2.06. The smallest absolute Gasteiger partial charge is 0.251 e. The molecule has 0 radical (unpaired) electrons. The van der Waals surface area contributed by atoms with E-state index in [1.54, 1.807) is 31.6 Å². The fourth-order valence-corrected chi connectivity index (χ4v) is 2.69. The van der Waals surface area contributed by atoms with Crippen LogP contribution in [0.2, 0.25) is 0 Å². The maximum Gasteiger partial charge on any atom is 0.251 e. The highest BCUT2D eigenvalue weighted by Gasteiger charge is 2.14. The molecule has 0 aliphatic carbocycles. The number of benzene rings is 1. The molecular weight excluding hydrogens is 308 g/mol. The molecule has 2 heterocycles. The lowest BCUT2D eigenvalue weighted by Crippen LogP contribution is -2.32. The SMILES string of the molecule is COc1cccc2c(C)cc(=O)n(CC(=O)NCc3ccco3)c12. The van der Waals surface area contributed by atoms with Gasteiger partial charge in [-0.15, -0.1) is 0 Å². The van der Waals surface area contributed by atoms with Gasteiger partial charge in [0.15, 0.2) is 0 Å². The minimum absolute atomic E-state index is 0.0866. The Morgan fingerprint density at radius 1 is 1.29 bits per heavy atom. The number of aromatic nitrogens is 1. The van der Waals surface area contributed by atoms with E-state index in [1.807, 2.05) is 19.1 Å². The number of rotatable bonds is 5. The standard InChI is InChI=1S/C18H18N2O4/c1-12-9-17(22)20(18-14(12)6-3-7-15(18)23-2)11-16(21)19-10-13-5-4-8-24-13/h3-9H,10-11H2,1-2H3,(H,19,21). The van der Waals surface area contributed by atoms with Crippen molar-refractivity contribution in [2.45, 2.75) is 20.0 Å². The van der Waals surface area contributed by atoms with Crippen LogP contribution in [0.4, 0.5) is 0 Å². The number of ether oxygens (including phenoxy) is 1. The second-order valence-electron chi connectivity index (χ2n) is 5.46. The van der Waals surface area contributed by atoms with Gasteiger partial charge in [0.2, 0.25) is 5.91 Å². The normalized spacial score (nSPS) is 10.8. The van der Waals surface area contributed by atoms with Crippen LogP contribution in [0, 0.1) is 6.92 Å². The summed E-state index contributed by atoms with van der Waals surface area (Å²) in [7, 11) is 1.54. The average Bonchev–Trinajstić information content (AvgIpc) is 3.09. The molecule has 6 heteroatoms. The van der Waals surface area contributed by atoms with Crippen molar-refractivity contribution in [3.8, 4) is 5.75 Å². The van der Waals surface area contributed by atoms with Crippen LogP contribution in [-0.4, -0.2) is 17.6 Å². The number of para-hydroxylation sites is 1. The molecule has 3 aromatic rings. The van der Waals surface area contributed by atoms with Crippen LogP contribution in [-0.2, 0) is 17.9 Å². The number of carbonyl (C=O) groups is 1. The molecule has 1 aromatic carbocycles. The van der Waals surface area contributed by atoms with Crippen molar-refractivity contribution in [2.75, 3.05) is 7.11 Å². The first-order chi connectivity index (χ1) is 11.6. The second kappa shape index (κ2) is 6.62. The van der Waals surface area contributed by atoms with Crippen molar-refractivity contribution >= 4 is 16.8 Å². The number of carbonyl (C=O) groups excluding carboxylic acids is 1. The van der Waals surface area contributed by atoms with Gasteiger partial charge in [0.1, 0.15) is 18.1 Å². The number of hydrogen-bond donors (Lipinski definition) is 1. The summed E-state index contributed by atoms with van der Waals surface area (Å²) < 4.78 is 12.0. The van der Waals surface area contributed by atoms with Crippen molar-refractivity contribution in [2.24, 2.45) is 0 Å². The highest BCUT2D eigenvalue weighted by Crippen LogP contribution is 2.26. The van der Waals surface area contributed by atoms with Crippen molar-refractivity contribution in [1.29, 1.82) is 0 Å². The van der Waals surface area contributed by atoms with Gasteiger partial charge in [-0.2, -0.15) is 0 Å². The molecule has 0 unspecified atom stereocenters. The predicted octanol–water partition coefficient (Wildman–Crippen LogP) is 2.23. The summed E-state index contributed by atoms with van der Waals surface area (Å²) in [6, 6.07) is 10.6.